The summed E-state index contributed by atoms with van der Waals surface area (Å²) in [6, 6.07) is 8.69. The van der Waals surface area contributed by atoms with Gasteiger partial charge >= 0.3 is 6.03 Å². The van der Waals surface area contributed by atoms with E-state index in [-0.39, 0.29) is 11.9 Å². The average Bonchev–Trinajstić information content (AvgIpc) is 2.78. The number of aromatic nitrogens is 2. The number of hydrogen-bond donors (Lipinski definition) is 1. The van der Waals surface area contributed by atoms with Gasteiger partial charge in [0.2, 0.25) is 0 Å². The van der Waals surface area contributed by atoms with Gasteiger partial charge in [-0.25, -0.2) is 4.79 Å². The summed E-state index contributed by atoms with van der Waals surface area (Å²) in [6.07, 6.45) is 5.45. The van der Waals surface area contributed by atoms with Gasteiger partial charge in [-0.15, -0.1) is 0 Å². The minimum atomic E-state index is -1.04. The molecule has 0 saturated carbocycles. The maximum atomic E-state index is 12.7. The fourth-order valence-electron chi connectivity index (χ4n) is 2.55. The monoisotopic (exact) mass is 296 g/mol. The van der Waals surface area contributed by atoms with Crippen LogP contribution in [0.2, 0.25) is 0 Å². The normalized spacial score (nSPS) is 21.0. The molecule has 3 amide bonds. The van der Waals surface area contributed by atoms with Gasteiger partial charge in [-0.05, 0) is 36.8 Å². The number of rotatable bonds is 4. The Morgan fingerprint density at radius 2 is 1.91 bits per heavy atom. The molecule has 112 valence electrons. The molecule has 0 unspecified atom stereocenters. The summed E-state index contributed by atoms with van der Waals surface area (Å²) < 4.78 is 0. The Balaban J connectivity index is 1.77. The number of nitrogens with one attached hydrogen (secondary N) is 1. The highest BCUT2D eigenvalue weighted by Crippen LogP contribution is 2.28. The van der Waals surface area contributed by atoms with E-state index in [4.69, 9.17) is 0 Å². The minimum absolute atomic E-state index is 0.250. The summed E-state index contributed by atoms with van der Waals surface area (Å²) in [4.78, 5) is 34.2. The number of carbonyl (C=O) groups excluding carboxylic acids is 2. The van der Waals surface area contributed by atoms with Crippen LogP contribution in [0.3, 0.4) is 0 Å². The maximum Gasteiger partial charge on any atom is 0.325 e. The van der Waals surface area contributed by atoms with Crippen molar-refractivity contribution in [2.45, 2.75) is 18.9 Å². The second kappa shape index (κ2) is 5.55. The lowest BCUT2D eigenvalue weighted by Crippen LogP contribution is -2.41. The van der Waals surface area contributed by atoms with Crippen molar-refractivity contribution in [1.82, 2.24) is 20.2 Å². The fourth-order valence-corrected chi connectivity index (χ4v) is 2.55. The van der Waals surface area contributed by atoms with Crippen molar-refractivity contribution in [2.24, 2.45) is 0 Å². The molecule has 6 nitrogen and oxygen atoms in total. The Hall–Kier alpha value is -2.76. The first-order valence-electron chi connectivity index (χ1n) is 7.06. The van der Waals surface area contributed by atoms with Crippen LogP contribution >= 0.6 is 0 Å². The SMILES string of the molecule is C[C@@]1(c2ccncc2)NC(=O)N(CCc2ccccn2)C1=O. The van der Waals surface area contributed by atoms with Crippen LogP contribution < -0.4 is 5.32 Å². The standard InChI is InChI=1S/C16H16N4O2/c1-16(12-5-9-17-10-6-12)14(21)20(15(22)19-16)11-7-13-4-2-3-8-18-13/h2-6,8-10H,7,11H2,1H3,(H,19,22)/t16-/m0/s1. The van der Waals surface area contributed by atoms with Crippen molar-refractivity contribution in [3.05, 3.63) is 60.2 Å². The Labute approximate surface area is 128 Å². The molecule has 1 aliphatic rings. The molecule has 1 atom stereocenters. The summed E-state index contributed by atoms with van der Waals surface area (Å²) in [6.45, 7) is 2.02. The molecule has 0 spiro atoms. The van der Waals surface area contributed by atoms with Gasteiger partial charge in [-0.1, -0.05) is 6.07 Å². The van der Waals surface area contributed by atoms with Crippen LogP contribution in [0.4, 0.5) is 4.79 Å². The van der Waals surface area contributed by atoms with Crippen molar-refractivity contribution in [3.63, 3.8) is 0 Å². The van der Waals surface area contributed by atoms with E-state index in [2.05, 4.69) is 15.3 Å². The van der Waals surface area contributed by atoms with Crippen molar-refractivity contribution in [2.75, 3.05) is 6.54 Å². The van der Waals surface area contributed by atoms with Gasteiger partial charge in [-0.3, -0.25) is 19.7 Å². The third kappa shape index (κ3) is 2.43. The molecule has 2 aromatic heterocycles. The first kappa shape index (κ1) is 14.2. The molecular formula is C16H16N4O2. The Morgan fingerprint density at radius 1 is 1.14 bits per heavy atom. The number of urea groups is 1. The zero-order chi connectivity index (χ0) is 15.6. The molecule has 6 heteroatoms. The summed E-state index contributed by atoms with van der Waals surface area (Å²) in [5.41, 5.74) is 0.534. The van der Waals surface area contributed by atoms with Gasteiger partial charge in [0, 0.05) is 37.3 Å². The van der Waals surface area contributed by atoms with E-state index in [0.717, 1.165) is 11.3 Å². The molecule has 2 aromatic rings. The second-order valence-corrected chi connectivity index (χ2v) is 5.32. The number of nitrogens with zero attached hydrogens (tertiary/aromatic N) is 3. The predicted molar refractivity (Wildman–Crippen MR) is 79.8 cm³/mol. The van der Waals surface area contributed by atoms with Crippen LogP contribution in [-0.2, 0) is 16.8 Å². The van der Waals surface area contributed by atoms with Crippen molar-refractivity contribution in [1.29, 1.82) is 0 Å². The fraction of sp³-hybridized carbons (Fsp3) is 0.250. The Bertz CT molecular complexity index is 690. The van der Waals surface area contributed by atoms with Crippen LogP contribution in [0.1, 0.15) is 18.2 Å². The molecular weight excluding hydrogens is 280 g/mol. The van der Waals surface area contributed by atoms with Crippen molar-refractivity contribution >= 4 is 11.9 Å². The van der Waals surface area contributed by atoms with E-state index in [0.29, 0.717) is 13.0 Å². The maximum absolute atomic E-state index is 12.7. The summed E-state index contributed by atoms with van der Waals surface area (Å²) in [7, 11) is 0. The van der Waals surface area contributed by atoms with Gasteiger partial charge in [0.1, 0.15) is 5.54 Å². The summed E-state index contributed by atoms with van der Waals surface area (Å²) >= 11 is 0. The molecule has 22 heavy (non-hydrogen) atoms. The lowest BCUT2D eigenvalue weighted by Gasteiger charge is -2.21. The van der Waals surface area contributed by atoms with Gasteiger partial charge in [0.05, 0.1) is 0 Å². The largest absolute Gasteiger partial charge is 0.325 e. The number of imide groups is 1. The minimum Gasteiger partial charge on any atom is -0.319 e. The highest BCUT2D eigenvalue weighted by atomic mass is 16.2. The predicted octanol–water partition coefficient (Wildman–Crippen LogP) is 1.49. The van der Waals surface area contributed by atoms with Crippen LogP contribution in [0.5, 0.6) is 0 Å². The average molecular weight is 296 g/mol. The molecule has 1 fully saturated rings. The number of amides is 3. The highest BCUT2D eigenvalue weighted by Gasteiger charge is 2.48. The number of carbonyl (C=O) groups is 2. The van der Waals surface area contributed by atoms with E-state index in [1.807, 2.05) is 18.2 Å². The quantitative estimate of drug-likeness (QED) is 0.867. The van der Waals surface area contributed by atoms with Crippen molar-refractivity contribution < 1.29 is 9.59 Å². The van der Waals surface area contributed by atoms with Gasteiger partial charge < -0.3 is 5.32 Å². The van der Waals surface area contributed by atoms with Crippen LogP contribution in [0, 0.1) is 0 Å². The molecule has 1 saturated heterocycles. The summed E-state index contributed by atoms with van der Waals surface area (Å²) in [5, 5.41) is 2.77. The number of pyridine rings is 2. The Morgan fingerprint density at radius 3 is 2.59 bits per heavy atom. The molecule has 3 rings (SSSR count). The first-order valence-corrected chi connectivity index (χ1v) is 7.06. The van der Waals surface area contributed by atoms with E-state index >= 15 is 0 Å². The molecule has 3 heterocycles. The van der Waals surface area contributed by atoms with Crippen LogP contribution in [0.15, 0.2) is 48.9 Å². The summed E-state index contributed by atoms with van der Waals surface area (Å²) in [5.74, 6) is -0.250. The zero-order valence-corrected chi connectivity index (χ0v) is 12.2. The third-order valence-electron chi connectivity index (χ3n) is 3.85. The van der Waals surface area contributed by atoms with E-state index in [1.165, 1.54) is 4.90 Å². The highest BCUT2D eigenvalue weighted by molar-refractivity contribution is 6.07. The molecule has 0 radical (unpaired) electrons. The molecule has 0 bridgehead atoms. The van der Waals surface area contributed by atoms with Gasteiger partial charge in [0.15, 0.2) is 0 Å². The first-order chi connectivity index (χ1) is 10.6. The second-order valence-electron chi connectivity index (χ2n) is 5.32. The van der Waals surface area contributed by atoms with Crippen LogP contribution in [-0.4, -0.2) is 33.4 Å². The number of hydrogen-bond acceptors (Lipinski definition) is 4. The zero-order valence-electron chi connectivity index (χ0n) is 12.2. The molecule has 1 N–H and O–H groups in total. The van der Waals surface area contributed by atoms with E-state index in [9.17, 15) is 9.59 Å². The molecule has 0 aliphatic carbocycles. The lowest BCUT2D eigenvalue weighted by molar-refractivity contribution is -0.131. The van der Waals surface area contributed by atoms with Crippen molar-refractivity contribution in [3.8, 4) is 0 Å². The lowest BCUT2D eigenvalue weighted by atomic mass is 9.93. The Kier molecular flexibility index (Phi) is 3.58. The molecule has 1 aliphatic heterocycles. The third-order valence-corrected chi connectivity index (χ3v) is 3.85. The van der Waals surface area contributed by atoms with Gasteiger partial charge in [-0.2, -0.15) is 0 Å². The van der Waals surface area contributed by atoms with E-state index < -0.39 is 5.54 Å². The molecule has 0 aromatic carbocycles. The van der Waals surface area contributed by atoms with Crippen LogP contribution in [0.25, 0.3) is 0 Å². The van der Waals surface area contributed by atoms with E-state index in [1.54, 1.807) is 37.6 Å². The van der Waals surface area contributed by atoms with Gasteiger partial charge in [0.25, 0.3) is 5.91 Å². The smallest absolute Gasteiger partial charge is 0.319 e. The topological polar surface area (TPSA) is 75.2 Å².